The summed E-state index contributed by atoms with van der Waals surface area (Å²) in [4.78, 5) is 11.1. The summed E-state index contributed by atoms with van der Waals surface area (Å²) in [7, 11) is -1.19. The lowest BCUT2D eigenvalue weighted by molar-refractivity contribution is -0.192. The number of carbonyl (C=O) groups is 1. The molecule has 1 aromatic rings. The van der Waals surface area contributed by atoms with Crippen molar-refractivity contribution in [2.45, 2.75) is 57.1 Å². The summed E-state index contributed by atoms with van der Waals surface area (Å²) in [6.45, 7) is 3.79. The number of fused-ring (bicyclic) bond motifs is 1. The van der Waals surface area contributed by atoms with Gasteiger partial charge >= 0.3 is 12.1 Å². The number of carboxylic acid groups (broad SMARTS) is 1. The van der Waals surface area contributed by atoms with Gasteiger partial charge in [-0.15, -0.1) is 0 Å². The molecule has 3 rings (SSSR count). The maximum absolute atomic E-state index is 12.6. The zero-order valence-corrected chi connectivity index (χ0v) is 17.7. The standard InChI is InChI=1S/C16H26N2O4S.C2HF3O2/c1-3-10-23(19,20)18-12-15(16-14(18)7-5-9-22-16)17(2)11-13-6-4-8-21-13;3-2(4,5)1(6)7/h4,6,8,14-16H,3,5,7,9-12H2,1-2H3;(H,6,7)/t14-,15-,16+;/m0./s1. The summed E-state index contributed by atoms with van der Waals surface area (Å²) < 4.78 is 70.0. The van der Waals surface area contributed by atoms with Crippen molar-refractivity contribution in [2.75, 3.05) is 26.0 Å². The molecule has 0 aliphatic carbocycles. The second kappa shape index (κ2) is 10.1. The third kappa shape index (κ3) is 6.19. The monoisotopic (exact) mass is 456 g/mol. The van der Waals surface area contributed by atoms with Crippen LogP contribution in [0.4, 0.5) is 13.2 Å². The molecule has 2 saturated heterocycles. The van der Waals surface area contributed by atoms with E-state index in [4.69, 9.17) is 19.1 Å². The van der Waals surface area contributed by atoms with Gasteiger partial charge in [0, 0.05) is 13.2 Å². The van der Waals surface area contributed by atoms with E-state index in [1.807, 2.05) is 26.1 Å². The van der Waals surface area contributed by atoms with Gasteiger partial charge in [-0.1, -0.05) is 6.92 Å². The van der Waals surface area contributed by atoms with Gasteiger partial charge in [-0.3, -0.25) is 4.90 Å². The largest absolute Gasteiger partial charge is 0.490 e. The molecular formula is C18H27F3N2O6S. The highest BCUT2D eigenvalue weighted by Gasteiger charge is 2.49. The van der Waals surface area contributed by atoms with Crippen LogP contribution in [-0.2, 0) is 26.1 Å². The number of aliphatic carboxylic acids is 1. The number of carboxylic acids is 1. The van der Waals surface area contributed by atoms with Crippen LogP contribution < -0.4 is 0 Å². The van der Waals surface area contributed by atoms with Crippen LogP contribution in [0.1, 0.15) is 31.9 Å². The number of hydrogen-bond acceptors (Lipinski definition) is 6. The summed E-state index contributed by atoms with van der Waals surface area (Å²) in [5, 5.41) is 7.12. The molecular weight excluding hydrogens is 429 g/mol. The second-order valence-electron chi connectivity index (χ2n) is 7.30. The van der Waals surface area contributed by atoms with E-state index in [-0.39, 0.29) is 23.9 Å². The minimum atomic E-state index is -5.08. The predicted octanol–water partition coefficient (Wildman–Crippen LogP) is 2.32. The molecule has 1 aromatic heterocycles. The van der Waals surface area contributed by atoms with E-state index >= 15 is 0 Å². The molecule has 3 atom stereocenters. The molecule has 8 nitrogen and oxygen atoms in total. The molecule has 30 heavy (non-hydrogen) atoms. The number of alkyl halides is 3. The number of ether oxygens (including phenoxy) is 1. The van der Waals surface area contributed by atoms with Crippen LogP contribution in [0.5, 0.6) is 0 Å². The van der Waals surface area contributed by atoms with Crippen molar-refractivity contribution >= 4 is 16.0 Å². The number of sulfonamides is 1. The first kappa shape index (κ1) is 24.6. The lowest BCUT2D eigenvalue weighted by Gasteiger charge is -2.34. The van der Waals surface area contributed by atoms with E-state index < -0.39 is 22.2 Å². The molecule has 0 radical (unpaired) electrons. The van der Waals surface area contributed by atoms with Crippen LogP contribution in [-0.4, -0.2) is 79.0 Å². The van der Waals surface area contributed by atoms with Gasteiger partial charge in [-0.25, -0.2) is 13.2 Å². The Kier molecular flexibility index (Phi) is 8.31. The average Bonchev–Trinajstić information content (AvgIpc) is 3.29. The quantitative estimate of drug-likeness (QED) is 0.701. The minimum Gasteiger partial charge on any atom is -0.475 e. The fraction of sp³-hybridized carbons (Fsp3) is 0.722. The van der Waals surface area contributed by atoms with Gasteiger partial charge in [0.05, 0.1) is 36.7 Å². The van der Waals surface area contributed by atoms with Crippen LogP contribution in [0.15, 0.2) is 22.8 Å². The van der Waals surface area contributed by atoms with Gasteiger partial charge in [0.1, 0.15) is 5.76 Å². The van der Waals surface area contributed by atoms with Crippen molar-refractivity contribution in [3.8, 4) is 0 Å². The summed E-state index contributed by atoms with van der Waals surface area (Å²) in [5.74, 6) is -1.66. The van der Waals surface area contributed by atoms with E-state index in [1.54, 1.807) is 10.6 Å². The summed E-state index contributed by atoms with van der Waals surface area (Å²) in [5.41, 5.74) is 0. The Morgan fingerprint density at radius 3 is 2.60 bits per heavy atom. The molecule has 0 unspecified atom stereocenters. The number of halogens is 3. The molecule has 0 aromatic carbocycles. The molecule has 12 heteroatoms. The normalized spacial score (nSPS) is 24.9. The zero-order chi connectivity index (χ0) is 22.5. The number of nitrogens with zero attached hydrogens (tertiary/aromatic N) is 2. The van der Waals surface area contributed by atoms with E-state index in [2.05, 4.69) is 4.90 Å². The molecule has 0 amide bonds. The highest BCUT2D eigenvalue weighted by Crippen LogP contribution is 2.34. The minimum absolute atomic E-state index is 0.0237. The molecule has 2 aliphatic rings. The van der Waals surface area contributed by atoms with Crippen molar-refractivity contribution in [3.05, 3.63) is 24.2 Å². The van der Waals surface area contributed by atoms with Crippen LogP contribution in [0.25, 0.3) is 0 Å². The third-order valence-electron chi connectivity index (χ3n) is 5.06. The van der Waals surface area contributed by atoms with Crippen molar-refractivity contribution in [1.29, 1.82) is 0 Å². The highest BCUT2D eigenvalue weighted by molar-refractivity contribution is 7.89. The Bertz CT molecular complexity index is 784. The van der Waals surface area contributed by atoms with Crippen LogP contribution >= 0.6 is 0 Å². The van der Waals surface area contributed by atoms with Gasteiger partial charge in [0.2, 0.25) is 10.0 Å². The Hall–Kier alpha value is -1.63. The Balaban J connectivity index is 0.000000396. The van der Waals surface area contributed by atoms with Gasteiger partial charge in [-0.05, 0) is 38.4 Å². The van der Waals surface area contributed by atoms with E-state index in [0.29, 0.717) is 26.1 Å². The molecule has 2 fully saturated rings. The maximum atomic E-state index is 12.6. The van der Waals surface area contributed by atoms with Crippen LogP contribution in [0, 0.1) is 0 Å². The molecule has 3 heterocycles. The topological polar surface area (TPSA) is 100 Å². The maximum Gasteiger partial charge on any atom is 0.490 e. The number of rotatable bonds is 6. The molecule has 172 valence electrons. The highest BCUT2D eigenvalue weighted by atomic mass is 32.2. The number of likely N-dealkylation sites (N-methyl/N-ethyl adjacent to an activating group) is 1. The molecule has 0 bridgehead atoms. The van der Waals surface area contributed by atoms with Crippen LogP contribution in [0.3, 0.4) is 0 Å². The summed E-state index contributed by atoms with van der Waals surface area (Å²) >= 11 is 0. The molecule has 0 spiro atoms. The molecule has 2 aliphatic heterocycles. The predicted molar refractivity (Wildman–Crippen MR) is 101 cm³/mol. The Labute approximate surface area is 173 Å². The Morgan fingerprint density at radius 2 is 2.07 bits per heavy atom. The van der Waals surface area contributed by atoms with Crippen molar-refractivity contribution < 1.29 is 40.6 Å². The fourth-order valence-electron chi connectivity index (χ4n) is 3.74. The van der Waals surface area contributed by atoms with E-state index in [0.717, 1.165) is 18.6 Å². The van der Waals surface area contributed by atoms with Crippen molar-refractivity contribution in [1.82, 2.24) is 9.21 Å². The number of hydrogen-bond donors (Lipinski definition) is 1. The zero-order valence-electron chi connectivity index (χ0n) is 16.8. The smallest absolute Gasteiger partial charge is 0.475 e. The van der Waals surface area contributed by atoms with Gasteiger partial charge < -0.3 is 14.3 Å². The van der Waals surface area contributed by atoms with Crippen molar-refractivity contribution in [2.24, 2.45) is 0 Å². The molecule has 0 saturated carbocycles. The van der Waals surface area contributed by atoms with E-state index in [1.165, 1.54) is 0 Å². The first-order valence-corrected chi connectivity index (χ1v) is 11.2. The van der Waals surface area contributed by atoms with Gasteiger partial charge in [-0.2, -0.15) is 17.5 Å². The van der Waals surface area contributed by atoms with Crippen LogP contribution in [0.2, 0.25) is 0 Å². The second-order valence-corrected chi connectivity index (χ2v) is 9.34. The summed E-state index contributed by atoms with van der Waals surface area (Å²) in [6.07, 6.45) is -1.01. The van der Waals surface area contributed by atoms with Crippen molar-refractivity contribution in [3.63, 3.8) is 0 Å². The number of furan rings is 1. The summed E-state index contributed by atoms with van der Waals surface area (Å²) in [6, 6.07) is 3.85. The Morgan fingerprint density at radius 1 is 1.40 bits per heavy atom. The first-order chi connectivity index (χ1) is 14.0. The third-order valence-corrected chi connectivity index (χ3v) is 7.12. The van der Waals surface area contributed by atoms with Gasteiger partial charge in [0.25, 0.3) is 0 Å². The van der Waals surface area contributed by atoms with Gasteiger partial charge in [0.15, 0.2) is 0 Å². The first-order valence-electron chi connectivity index (χ1n) is 9.61. The lowest BCUT2D eigenvalue weighted by Crippen LogP contribution is -2.46. The fourth-order valence-corrected chi connectivity index (χ4v) is 5.51. The van der Waals surface area contributed by atoms with E-state index in [9.17, 15) is 21.6 Å². The molecule has 1 N–H and O–H groups in total. The average molecular weight is 456 g/mol. The lowest BCUT2D eigenvalue weighted by atomic mass is 10.0. The SMILES string of the molecule is CCCS(=O)(=O)N1C[C@H](N(C)Cc2ccco2)[C@@H]2OCCC[C@@H]21.O=C(O)C(F)(F)F.